The van der Waals surface area contributed by atoms with E-state index in [1.54, 1.807) is 0 Å². The maximum Gasteiger partial charge on any atom is 0.328 e. The van der Waals surface area contributed by atoms with E-state index in [0.29, 0.717) is 19.4 Å². The van der Waals surface area contributed by atoms with Crippen molar-refractivity contribution in [3.63, 3.8) is 0 Å². The third kappa shape index (κ3) is 7.59. The van der Waals surface area contributed by atoms with Crippen LogP contribution in [0.25, 0.3) is 0 Å². The minimum atomic E-state index is -1.43. The molecule has 22 heavy (non-hydrogen) atoms. The summed E-state index contributed by atoms with van der Waals surface area (Å²) >= 11 is 3.90. The van der Waals surface area contributed by atoms with Gasteiger partial charge in [0.05, 0.1) is 12.6 Å². The van der Waals surface area contributed by atoms with Gasteiger partial charge in [-0.15, -0.1) is 0 Å². The molecule has 2 amide bonds. The van der Waals surface area contributed by atoms with Crippen LogP contribution in [0.5, 0.6) is 0 Å². The van der Waals surface area contributed by atoms with Crippen LogP contribution in [-0.2, 0) is 14.4 Å². The van der Waals surface area contributed by atoms with E-state index in [0.717, 1.165) is 0 Å². The van der Waals surface area contributed by atoms with Crippen LogP contribution in [0, 0.1) is 0 Å². The highest BCUT2D eigenvalue weighted by molar-refractivity contribution is 7.80. The van der Waals surface area contributed by atoms with Crippen molar-refractivity contribution in [2.45, 2.75) is 37.4 Å². The van der Waals surface area contributed by atoms with E-state index in [1.807, 2.05) is 0 Å². The van der Waals surface area contributed by atoms with Crippen molar-refractivity contribution >= 4 is 30.4 Å². The number of nitrogens with one attached hydrogen (secondary N) is 2. The molecule has 0 rings (SSSR count). The standard InChI is InChI=1S/C12H24N4O5S/c13-4-2-1-3-8(15-10(18)7(14)6-22)11(19)16-9(5-17)12(20)21/h7-9,17,22H,1-6,13-14H2,(H,15,18)(H,16,19)(H,20,21). The number of carboxylic acids is 1. The van der Waals surface area contributed by atoms with Crippen LogP contribution in [0.1, 0.15) is 19.3 Å². The molecule has 128 valence electrons. The van der Waals surface area contributed by atoms with Crippen molar-refractivity contribution in [1.29, 1.82) is 0 Å². The van der Waals surface area contributed by atoms with Gasteiger partial charge in [-0.25, -0.2) is 4.79 Å². The highest BCUT2D eigenvalue weighted by atomic mass is 32.1. The summed E-state index contributed by atoms with van der Waals surface area (Å²) in [6.07, 6.45) is 1.51. The maximum absolute atomic E-state index is 12.1. The SMILES string of the molecule is NCCCCC(NC(=O)C(N)CS)C(=O)NC(CO)C(=O)O. The molecule has 0 saturated heterocycles. The summed E-state index contributed by atoms with van der Waals surface area (Å²) in [6.45, 7) is -0.312. The number of unbranched alkanes of at least 4 members (excludes halogenated alkanes) is 1. The van der Waals surface area contributed by atoms with Gasteiger partial charge in [-0.1, -0.05) is 0 Å². The largest absolute Gasteiger partial charge is 0.480 e. The van der Waals surface area contributed by atoms with Crippen LogP contribution in [0.4, 0.5) is 0 Å². The summed E-state index contributed by atoms with van der Waals surface area (Å²) < 4.78 is 0. The monoisotopic (exact) mass is 336 g/mol. The van der Waals surface area contributed by atoms with E-state index in [-0.39, 0.29) is 12.2 Å². The first-order valence-corrected chi connectivity index (χ1v) is 7.51. The summed E-state index contributed by atoms with van der Waals surface area (Å²) in [5.74, 6) is -2.51. The molecule has 9 nitrogen and oxygen atoms in total. The molecule has 0 spiro atoms. The summed E-state index contributed by atoms with van der Waals surface area (Å²) in [7, 11) is 0. The van der Waals surface area contributed by atoms with E-state index < -0.39 is 42.5 Å². The van der Waals surface area contributed by atoms with E-state index in [1.165, 1.54) is 0 Å². The average molecular weight is 336 g/mol. The molecule has 0 aromatic rings. The number of nitrogens with two attached hydrogens (primary N) is 2. The van der Waals surface area contributed by atoms with Gasteiger partial charge in [0.25, 0.3) is 0 Å². The Morgan fingerprint density at radius 3 is 2.14 bits per heavy atom. The van der Waals surface area contributed by atoms with Crippen LogP contribution < -0.4 is 22.1 Å². The minimum Gasteiger partial charge on any atom is -0.480 e. The van der Waals surface area contributed by atoms with Crippen LogP contribution in [0.2, 0.25) is 0 Å². The highest BCUT2D eigenvalue weighted by Crippen LogP contribution is 2.02. The number of hydrogen-bond donors (Lipinski definition) is 7. The van der Waals surface area contributed by atoms with Gasteiger partial charge < -0.3 is 32.3 Å². The van der Waals surface area contributed by atoms with Crippen molar-refractivity contribution in [2.24, 2.45) is 11.5 Å². The number of amides is 2. The molecule has 0 aliphatic carbocycles. The fourth-order valence-electron chi connectivity index (χ4n) is 1.58. The molecule has 0 saturated carbocycles. The molecule has 0 aliphatic heterocycles. The molecular weight excluding hydrogens is 312 g/mol. The van der Waals surface area contributed by atoms with E-state index in [4.69, 9.17) is 21.7 Å². The molecule has 0 aliphatic rings. The number of carbonyl (C=O) groups excluding carboxylic acids is 2. The lowest BCUT2D eigenvalue weighted by Gasteiger charge is -2.22. The van der Waals surface area contributed by atoms with Crippen molar-refractivity contribution in [3.8, 4) is 0 Å². The Labute approximate surface area is 134 Å². The van der Waals surface area contributed by atoms with E-state index >= 15 is 0 Å². The molecule has 0 aromatic heterocycles. The predicted molar refractivity (Wildman–Crippen MR) is 83.3 cm³/mol. The first kappa shape index (κ1) is 20.6. The van der Waals surface area contributed by atoms with Gasteiger partial charge in [0.2, 0.25) is 11.8 Å². The third-order valence-electron chi connectivity index (χ3n) is 2.91. The quantitative estimate of drug-likeness (QED) is 0.160. The van der Waals surface area contributed by atoms with Crippen molar-refractivity contribution < 1.29 is 24.6 Å². The number of aliphatic hydroxyl groups is 1. The molecule has 3 atom stereocenters. The fourth-order valence-corrected chi connectivity index (χ4v) is 1.75. The Hall–Kier alpha value is -1.36. The topological polar surface area (TPSA) is 168 Å². The number of carbonyl (C=O) groups is 3. The summed E-state index contributed by atoms with van der Waals surface area (Å²) in [4.78, 5) is 34.6. The summed E-state index contributed by atoms with van der Waals surface area (Å²) in [5, 5.41) is 22.4. The average Bonchev–Trinajstić information content (AvgIpc) is 2.49. The highest BCUT2D eigenvalue weighted by Gasteiger charge is 2.26. The number of carboxylic acid groups (broad SMARTS) is 1. The Morgan fingerprint density at radius 1 is 1.09 bits per heavy atom. The molecule has 10 heteroatoms. The molecule has 0 heterocycles. The second kappa shape index (κ2) is 11.2. The van der Waals surface area contributed by atoms with Crippen molar-refractivity contribution in [1.82, 2.24) is 10.6 Å². The molecule has 0 fully saturated rings. The summed E-state index contributed by atoms with van der Waals surface area (Å²) in [6, 6.07) is -3.25. The predicted octanol–water partition coefficient (Wildman–Crippen LogP) is -2.58. The van der Waals surface area contributed by atoms with Gasteiger partial charge in [-0.2, -0.15) is 12.6 Å². The number of thiol groups is 1. The second-order valence-corrected chi connectivity index (χ2v) is 5.08. The van der Waals surface area contributed by atoms with E-state index in [2.05, 4.69) is 23.3 Å². The van der Waals surface area contributed by atoms with E-state index in [9.17, 15) is 14.4 Å². The normalized spacial score (nSPS) is 14.7. The molecule has 0 aromatic carbocycles. The number of hydrogen-bond acceptors (Lipinski definition) is 7. The molecule has 3 unspecified atom stereocenters. The smallest absolute Gasteiger partial charge is 0.328 e. The van der Waals surface area contributed by atoms with Gasteiger partial charge in [-0.3, -0.25) is 9.59 Å². The first-order valence-electron chi connectivity index (χ1n) is 6.88. The molecular formula is C12H24N4O5S. The van der Waals surface area contributed by atoms with Crippen molar-refractivity contribution in [3.05, 3.63) is 0 Å². The van der Waals surface area contributed by atoms with Gasteiger partial charge >= 0.3 is 5.97 Å². The molecule has 8 N–H and O–H groups in total. The number of aliphatic carboxylic acids is 1. The summed E-state index contributed by atoms with van der Waals surface area (Å²) in [5.41, 5.74) is 10.9. The first-order chi connectivity index (χ1) is 10.4. The zero-order valence-corrected chi connectivity index (χ0v) is 13.1. The van der Waals surface area contributed by atoms with Crippen LogP contribution in [-0.4, -0.2) is 65.0 Å². The lowest BCUT2D eigenvalue weighted by molar-refractivity contribution is -0.143. The van der Waals surface area contributed by atoms with Crippen LogP contribution in [0.15, 0.2) is 0 Å². The minimum absolute atomic E-state index is 0.108. The lowest BCUT2D eigenvalue weighted by atomic mass is 10.1. The van der Waals surface area contributed by atoms with Gasteiger partial charge in [0.15, 0.2) is 0 Å². The van der Waals surface area contributed by atoms with Gasteiger partial charge in [0, 0.05) is 5.75 Å². The Morgan fingerprint density at radius 2 is 1.68 bits per heavy atom. The zero-order valence-electron chi connectivity index (χ0n) is 12.2. The number of rotatable bonds is 11. The molecule has 0 radical (unpaired) electrons. The zero-order chi connectivity index (χ0) is 17.1. The van der Waals surface area contributed by atoms with Gasteiger partial charge in [0.1, 0.15) is 12.1 Å². The maximum atomic E-state index is 12.1. The Bertz CT molecular complexity index is 383. The third-order valence-corrected chi connectivity index (χ3v) is 3.30. The van der Waals surface area contributed by atoms with Crippen LogP contribution >= 0.6 is 12.6 Å². The number of aliphatic hydroxyl groups excluding tert-OH is 1. The fraction of sp³-hybridized carbons (Fsp3) is 0.750. The Kier molecular flexibility index (Phi) is 10.5. The van der Waals surface area contributed by atoms with Crippen LogP contribution in [0.3, 0.4) is 0 Å². The van der Waals surface area contributed by atoms with Crippen molar-refractivity contribution in [2.75, 3.05) is 18.9 Å². The lowest BCUT2D eigenvalue weighted by Crippen LogP contribution is -2.55. The Balaban J connectivity index is 4.78. The molecule has 0 bridgehead atoms. The van der Waals surface area contributed by atoms with Gasteiger partial charge in [-0.05, 0) is 25.8 Å². The second-order valence-electron chi connectivity index (χ2n) is 4.72.